The molecule has 0 aromatic carbocycles. The largest absolute Gasteiger partial charge is 0.390 e. The van der Waals surface area contributed by atoms with E-state index in [0.717, 1.165) is 61.3 Å². The Hall–Kier alpha value is -1.19. The van der Waals surface area contributed by atoms with Gasteiger partial charge in [0.05, 0.1) is 11.7 Å². The molecule has 2 N–H and O–H groups in total. The van der Waals surface area contributed by atoms with Crippen LogP contribution in [0.4, 0.5) is 0 Å². The molecule has 1 aromatic rings. The molecular weight excluding hydrogens is 406 g/mol. The van der Waals surface area contributed by atoms with Crippen LogP contribution in [0.2, 0.25) is 0 Å². The monoisotopic (exact) mass is 451 g/mol. The van der Waals surface area contributed by atoms with Gasteiger partial charge in [-0.15, -0.1) is 0 Å². The Morgan fingerprint density at radius 3 is 2.52 bits per heavy atom. The maximum Gasteiger partial charge on any atom is 0.0791 e. The van der Waals surface area contributed by atoms with Crippen LogP contribution in [-0.2, 0) is 0 Å². The summed E-state index contributed by atoms with van der Waals surface area (Å²) >= 11 is 0. The van der Waals surface area contributed by atoms with Gasteiger partial charge in [-0.05, 0) is 129 Å². The van der Waals surface area contributed by atoms with E-state index in [4.69, 9.17) is 0 Å². The second-order valence-electron chi connectivity index (χ2n) is 13.0. The lowest BCUT2D eigenvalue weighted by Gasteiger charge is -2.59. The van der Waals surface area contributed by atoms with Gasteiger partial charge >= 0.3 is 0 Å². The van der Waals surface area contributed by atoms with Gasteiger partial charge in [-0.1, -0.05) is 32.4 Å². The number of aliphatic hydroxyl groups excluding tert-OH is 1. The van der Waals surface area contributed by atoms with Gasteiger partial charge in [-0.2, -0.15) is 0 Å². The Bertz CT molecular complexity index is 879. The normalized spacial score (nSPS) is 44.2. The molecule has 182 valence electrons. The summed E-state index contributed by atoms with van der Waals surface area (Å²) in [5, 5.41) is 21.4. The van der Waals surface area contributed by atoms with Gasteiger partial charge in [0.2, 0.25) is 0 Å². The summed E-state index contributed by atoms with van der Waals surface area (Å²) in [6, 6.07) is 3.89. The number of aromatic nitrogens is 1. The van der Waals surface area contributed by atoms with E-state index in [1.165, 1.54) is 32.1 Å². The Kier molecular flexibility index (Phi) is 6.05. The topological polar surface area (TPSA) is 53.4 Å². The van der Waals surface area contributed by atoms with Gasteiger partial charge in [0.1, 0.15) is 0 Å². The minimum atomic E-state index is -0.504. The Morgan fingerprint density at radius 2 is 1.76 bits per heavy atom. The maximum absolute atomic E-state index is 10.7. The Morgan fingerprint density at radius 1 is 1.00 bits per heavy atom. The molecule has 5 rings (SSSR count). The summed E-state index contributed by atoms with van der Waals surface area (Å²) in [7, 11) is 0. The zero-order chi connectivity index (χ0) is 23.4. The number of nitrogens with zero attached hydrogens (tertiary/aromatic N) is 1. The van der Waals surface area contributed by atoms with Crippen molar-refractivity contribution < 1.29 is 10.2 Å². The summed E-state index contributed by atoms with van der Waals surface area (Å²) in [5.41, 5.74) is 2.82. The number of hydrogen-bond acceptors (Lipinski definition) is 3. The van der Waals surface area contributed by atoms with Crippen LogP contribution in [0.1, 0.15) is 104 Å². The maximum atomic E-state index is 10.7. The van der Waals surface area contributed by atoms with Gasteiger partial charge in [-0.25, -0.2) is 0 Å². The predicted molar refractivity (Wildman–Crippen MR) is 133 cm³/mol. The summed E-state index contributed by atoms with van der Waals surface area (Å²) in [4.78, 5) is 4.08. The average Bonchev–Trinajstić information content (AvgIpc) is 3.15. The van der Waals surface area contributed by atoms with E-state index in [1.807, 2.05) is 19.1 Å². The molecule has 4 aliphatic rings. The van der Waals surface area contributed by atoms with Crippen molar-refractivity contribution in [2.45, 2.75) is 104 Å². The molecule has 0 amide bonds. The molecule has 0 bridgehead atoms. The molecule has 3 fully saturated rings. The standard InChI is InChI=1S/C30H45NO2/c1-20(5-10-27(32)21-12-17-31-18-13-21)24-8-9-25-23-7-6-22-19-28(2,33)15-16-29(22,3)26(23)11-14-30(24,25)4/h6,12-13,17-18,20,23-27,32-33H,5,7-11,14-16,19H2,1-4H3/t20-,23+,24-,25+,26+,27?,28+,29+,30-/m1/s1. The van der Waals surface area contributed by atoms with E-state index < -0.39 is 5.60 Å². The quantitative estimate of drug-likeness (QED) is 0.481. The van der Waals surface area contributed by atoms with Crippen molar-refractivity contribution in [3.8, 4) is 0 Å². The number of hydrogen-bond donors (Lipinski definition) is 2. The molecule has 3 nitrogen and oxygen atoms in total. The van der Waals surface area contributed by atoms with Gasteiger partial charge in [-0.3, -0.25) is 4.98 Å². The summed E-state index contributed by atoms with van der Waals surface area (Å²) in [5.74, 6) is 3.89. The molecule has 0 spiro atoms. The molecule has 9 atom stereocenters. The van der Waals surface area contributed by atoms with Crippen molar-refractivity contribution in [2.75, 3.05) is 0 Å². The van der Waals surface area contributed by atoms with Crippen molar-refractivity contribution in [2.24, 2.45) is 40.4 Å². The van der Waals surface area contributed by atoms with Crippen molar-refractivity contribution >= 4 is 0 Å². The fourth-order valence-electron chi connectivity index (χ4n) is 9.15. The second kappa shape index (κ2) is 8.48. The Labute approximate surface area is 201 Å². The third-order valence-electron chi connectivity index (χ3n) is 11.1. The molecule has 3 saturated carbocycles. The van der Waals surface area contributed by atoms with E-state index in [-0.39, 0.29) is 6.10 Å². The van der Waals surface area contributed by atoms with Crippen molar-refractivity contribution in [1.82, 2.24) is 4.98 Å². The smallest absolute Gasteiger partial charge is 0.0791 e. The molecule has 0 saturated heterocycles. The van der Waals surface area contributed by atoms with Crippen LogP contribution in [0.25, 0.3) is 0 Å². The van der Waals surface area contributed by atoms with Crippen LogP contribution in [-0.4, -0.2) is 20.8 Å². The number of rotatable bonds is 5. The fraction of sp³-hybridized carbons (Fsp3) is 0.767. The lowest BCUT2D eigenvalue weighted by atomic mass is 9.46. The predicted octanol–water partition coefficient (Wildman–Crippen LogP) is 6.86. The van der Waals surface area contributed by atoms with E-state index in [9.17, 15) is 10.2 Å². The highest BCUT2D eigenvalue weighted by molar-refractivity contribution is 5.26. The number of pyridine rings is 1. The molecule has 1 unspecified atom stereocenters. The first-order valence-corrected chi connectivity index (χ1v) is 13.6. The lowest BCUT2D eigenvalue weighted by Crippen LogP contribution is -2.52. The highest BCUT2D eigenvalue weighted by Gasteiger charge is 2.59. The first-order valence-electron chi connectivity index (χ1n) is 13.6. The number of aliphatic hydroxyl groups is 2. The summed E-state index contributed by atoms with van der Waals surface area (Å²) < 4.78 is 0. The molecule has 33 heavy (non-hydrogen) atoms. The van der Waals surface area contributed by atoms with E-state index in [1.54, 1.807) is 18.0 Å². The molecule has 4 aliphatic carbocycles. The number of fused-ring (bicyclic) bond motifs is 5. The van der Waals surface area contributed by atoms with Crippen molar-refractivity contribution in [1.29, 1.82) is 0 Å². The second-order valence-corrected chi connectivity index (χ2v) is 13.0. The van der Waals surface area contributed by atoms with Crippen molar-refractivity contribution in [3.63, 3.8) is 0 Å². The first kappa shape index (κ1) is 23.5. The van der Waals surface area contributed by atoms with Gasteiger partial charge in [0.15, 0.2) is 0 Å². The molecule has 1 aromatic heterocycles. The van der Waals surface area contributed by atoms with Crippen molar-refractivity contribution in [3.05, 3.63) is 41.7 Å². The van der Waals surface area contributed by atoms with E-state index >= 15 is 0 Å². The van der Waals surface area contributed by atoms with E-state index in [2.05, 4.69) is 31.8 Å². The zero-order valence-corrected chi connectivity index (χ0v) is 21.3. The molecule has 0 aliphatic heterocycles. The molecule has 3 heteroatoms. The fourth-order valence-corrected chi connectivity index (χ4v) is 9.15. The first-order chi connectivity index (χ1) is 15.6. The minimum Gasteiger partial charge on any atom is -0.390 e. The lowest BCUT2D eigenvalue weighted by molar-refractivity contribution is -0.0708. The van der Waals surface area contributed by atoms with Gasteiger partial charge in [0, 0.05) is 12.4 Å². The third kappa shape index (κ3) is 4.01. The van der Waals surface area contributed by atoms with Crippen LogP contribution >= 0.6 is 0 Å². The zero-order valence-electron chi connectivity index (χ0n) is 21.3. The Balaban J connectivity index is 1.28. The molecule has 1 heterocycles. The van der Waals surface area contributed by atoms with Crippen LogP contribution in [0.5, 0.6) is 0 Å². The van der Waals surface area contributed by atoms with Crippen LogP contribution in [0, 0.1) is 40.4 Å². The van der Waals surface area contributed by atoms with Crippen LogP contribution in [0.3, 0.4) is 0 Å². The summed E-state index contributed by atoms with van der Waals surface area (Å²) in [6.07, 6.45) is 17.4. The van der Waals surface area contributed by atoms with Gasteiger partial charge in [0.25, 0.3) is 0 Å². The van der Waals surface area contributed by atoms with E-state index in [0.29, 0.717) is 16.7 Å². The molecule has 0 radical (unpaired) electrons. The minimum absolute atomic E-state index is 0.310. The highest BCUT2D eigenvalue weighted by Crippen LogP contribution is 2.67. The van der Waals surface area contributed by atoms with Crippen LogP contribution in [0.15, 0.2) is 36.2 Å². The summed E-state index contributed by atoms with van der Waals surface area (Å²) in [6.45, 7) is 9.64. The molecular formula is C30H45NO2. The highest BCUT2D eigenvalue weighted by atomic mass is 16.3. The SMILES string of the molecule is C[C@H](CCC(O)c1ccncc1)[C@H]1CC[C@H]2[C@@H]3CC=C4C[C@@](C)(O)CC[C@]4(C)[C@H]3CC[C@]12C. The number of allylic oxidation sites excluding steroid dienone is 1. The third-order valence-corrected chi connectivity index (χ3v) is 11.1. The van der Waals surface area contributed by atoms with Gasteiger partial charge < -0.3 is 10.2 Å². The van der Waals surface area contributed by atoms with Crippen LogP contribution < -0.4 is 0 Å². The average molecular weight is 452 g/mol.